The predicted molar refractivity (Wildman–Crippen MR) is 108 cm³/mol. The second kappa shape index (κ2) is 7.68. The summed E-state index contributed by atoms with van der Waals surface area (Å²) >= 11 is 0. The number of amides is 1. The van der Waals surface area contributed by atoms with Crippen LogP contribution in [0.5, 0.6) is 11.5 Å². The van der Waals surface area contributed by atoms with E-state index >= 15 is 0 Å². The van der Waals surface area contributed by atoms with E-state index in [9.17, 15) is 13.2 Å². The van der Waals surface area contributed by atoms with Crippen molar-refractivity contribution in [3.05, 3.63) is 48.5 Å². The van der Waals surface area contributed by atoms with Gasteiger partial charge in [0.15, 0.2) is 11.5 Å². The molecule has 0 saturated heterocycles. The van der Waals surface area contributed by atoms with Crippen LogP contribution in [0.4, 0.5) is 5.69 Å². The first-order valence-electron chi connectivity index (χ1n) is 9.77. The summed E-state index contributed by atoms with van der Waals surface area (Å²) in [4.78, 5) is 12.6. The van der Waals surface area contributed by atoms with Crippen LogP contribution < -0.4 is 19.5 Å². The number of anilines is 1. The summed E-state index contributed by atoms with van der Waals surface area (Å²) in [7, 11) is -3.78. The van der Waals surface area contributed by atoms with Gasteiger partial charge in [0.1, 0.15) is 0 Å². The van der Waals surface area contributed by atoms with Crippen molar-refractivity contribution >= 4 is 21.6 Å². The fraction of sp³-hybridized carbons (Fsp3) is 0.381. The molecule has 1 aliphatic carbocycles. The Balaban J connectivity index is 1.41. The van der Waals surface area contributed by atoms with E-state index in [2.05, 4.69) is 10.0 Å². The highest BCUT2D eigenvalue weighted by Crippen LogP contribution is 2.46. The van der Waals surface area contributed by atoms with Crippen molar-refractivity contribution in [3.8, 4) is 11.5 Å². The molecule has 0 aromatic heterocycles. The summed E-state index contributed by atoms with van der Waals surface area (Å²) in [6, 6.07) is 12.2. The molecule has 1 fully saturated rings. The molecule has 0 unspecified atom stereocenters. The zero-order chi connectivity index (χ0) is 20.5. The van der Waals surface area contributed by atoms with Gasteiger partial charge in [-0.1, -0.05) is 24.6 Å². The molecular formula is C21H24N2O5S. The molecule has 8 heteroatoms. The van der Waals surface area contributed by atoms with Crippen LogP contribution in [0.15, 0.2) is 53.4 Å². The van der Waals surface area contributed by atoms with Crippen LogP contribution in [-0.2, 0) is 14.8 Å². The minimum atomic E-state index is -3.78. The highest BCUT2D eigenvalue weighted by atomic mass is 32.2. The van der Waals surface area contributed by atoms with E-state index in [1.54, 1.807) is 36.4 Å². The van der Waals surface area contributed by atoms with Gasteiger partial charge in [-0.3, -0.25) is 4.79 Å². The van der Waals surface area contributed by atoms with Crippen LogP contribution in [0.1, 0.15) is 39.0 Å². The molecule has 29 heavy (non-hydrogen) atoms. The summed E-state index contributed by atoms with van der Waals surface area (Å²) in [6.07, 6.45) is 5.01. The molecule has 154 valence electrons. The van der Waals surface area contributed by atoms with Crippen LogP contribution in [0.2, 0.25) is 0 Å². The Labute approximate surface area is 170 Å². The summed E-state index contributed by atoms with van der Waals surface area (Å²) in [5, 5.41) is 2.74. The monoisotopic (exact) mass is 416 g/mol. The molecule has 0 radical (unpaired) electrons. The van der Waals surface area contributed by atoms with Crippen molar-refractivity contribution in [1.82, 2.24) is 4.72 Å². The van der Waals surface area contributed by atoms with Gasteiger partial charge in [-0.05, 0) is 44.0 Å². The first-order valence-corrected chi connectivity index (χ1v) is 11.3. The fourth-order valence-electron chi connectivity index (χ4n) is 3.67. The first kappa shape index (κ1) is 19.7. The Morgan fingerprint density at radius 2 is 1.69 bits per heavy atom. The minimum Gasteiger partial charge on any atom is -0.448 e. The maximum Gasteiger partial charge on any atom is 0.251 e. The largest absolute Gasteiger partial charge is 0.448 e. The Bertz CT molecular complexity index is 1000. The van der Waals surface area contributed by atoms with Gasteiger partial charge in [0, 0.05) is 24.6 Å². The molecule has 7 nitrogen and oxygen atoms in total. The molecule has 2 aromatic carbocycles. The van der Waals surface area contributed by atoms with Gasteiger partial charge < -0.3 is 14.8 Å². The molecular weight excluding hydrogens is 392 g/mol. The number of fused-ring (bicyclic) bond motifs is 1. The number of ether oxygens (including phenoxy) is 2. The number of carbonyl (C=O) groups excluding carboxylic acids is 1. The number of carbonyl (C=O) groups is 1. The fourth-order valence-corrected chi connectivity index (χ4v) is 4.89. The number of rotatable bonds is 5. The Kier molecular flexibility index (Phi) is 5.23. The number of hydrogen-bond acceptors (Lipinski definition) is 5. The lowest BCUT2D eigenvalue weighted by molar-refractivity contribution is -0.117. The van der Waals surface area contributed by atoms with Crippen molar-refractivity contribution in [2.45, 2.75) is 55.8 Å². The molecule has 2 aliphatic rings. The van der Waals surface area contributed by atoms with Crippen LogP contribution in [0.25, 0.3) is 0 Å². The Morgan fingerprint density at radius 1 is 1.00 bits per heavy atom. The molecule has 1 atom stereocenters. The maximum atomic E-state index is 12.5. The average Bonchev–Trinajstić information content (AvgIpc) is 3.05. The second-order valence-corrected chi connectivity index (χ2v) is 9.20. The van der Waals surface area contributed by atoms with Crippen LogP contribution in [0, 0.1) is 0 Å². The number of sulfonamides is 1. The van der Waals surface area contributed by atoms with Crippen molar-refractivity contribution in [3.63, 3.8) is 0 Å². The van der Waals surface area contributed by atoms with E-state index in [4.69, 9.17) is 9.47 Å². The first-order chi connectivity index (χ1) is 13.9. The van der Waals surface area contributed by atoms with Gasteiger partial charge in [0.2, 0.25) is 15.9 Å². The smallest absolute Gasteiger partial charge is 0.251 e. The highest BCUT2D eigenvalue weighted by Gasteiger charge is 2.42. The van der Waals surface area contributed by atoms with Crippen molar-refractivity contribution < 1.29 is 22.7 Å². The van der Waals surface area contributed by atoms with Gasteiger partial charge in [-0.2, -0.15) is 4.72 Å². The third kappa shape index (κ3) is 4.23. The molecule has 4 rings (SSSR count). The highest BCUT2D eigenvalue weighted by molar-refractivity contribution is 7.89. The second-order valence-electron chi connectivity index (χ2n) is 7.48. The summed E-state index contributed by atoms with van der Waals surface area (Å²) in [5.41, 5.74) is 0.524. The number of benzene rings is 2. The average molecular weight is 416 g/mol. The van der Waals surface area contributed by atoms with E-state index in [0.29, 0.717) is 17.2 Å². The van der Waals surface area contributed by atoms with Gasteiger partial charge in [-0.25, -0.2) is 8.42 Å². The van der Waals surface area contributed by atoms with E-state index in [1.165, 1.54) is 25.5 Å². The van der Waals surface area contributed by atoms with E-state index in [1.807, 2.05) is 0 Å². The summed E-state index contributed by atoms with van der Waals surface area (Å²) < 4.78 is 39.3. The topological polar surface area (TPSA) is 93.7 Å². The lowest BCUT2D eigenvalue weighted by Crippen LogP contribution is -2.41. The molecule has 1 heterocycles. The third-order valence-electron chi connectivity index (χ3n) is 5.20. The predicted octanol–water partition coefficient (Wildman–Crippen LogP) is 3.42. The van der Waals surface area contributed by atoms with Gasteiger partial charge >= 0.3 is 0 Å². The Hall–Kier alpha value is -2.58. The van der Waals surface area contributed by atoms with Crippen molar-refractivity contribution in [2.24, 2.45) is 0 Å². The van der Waals surface area contributed by atoms with E-state index in [-0.39, 0.29) is 4.90 Å². The van der Waals surface area contributed by atoms with Crippen molar-refractivity contribution in [2.75, 3.05) is 5.32 Å². The summed E-state index contributed by atoms with van der Waals surface area (Å²) in [5.74, 6) is 0.225. The molecule has 0 bridgehead atoms. The molecule has 1 amide bonds. The van der Waals surface area contributed by atoms with Crippen LogP contribution in [0.3, 0.4) is 0 Å². The summed E-state index contributed by atoms with van der Waals surface area (Å²) in [6.45, 7) is 1.50. The van der Waals surface area contributed by atoms with E-state index < -0.39 is 27.8 Å². The van der Waals surface area contributed by atoms with Gasteiger partial charge in [0.05, 0.1) is 10.9 Å². The minimum absolute atomic E-state index is 0.112. The van der Waals surface area contributed by atoms with Crippen molar-refractivity contribution in [1.29, 1.82) is 0 Å². The molecule has 1 spiro atoms. The maximum absolute atomic E-state index is 12.5. The van der Waals surface area contributed by atoms with Gasteiger partial charge in [0.25, 0.3) is 5.79 Å². The molecule has 1 saturated carbocycles. The molecule has 2 N–H and O–H groups in total. The Morgan fingerprint density at radius 3 is 2.41 bits per heavy atom. The van der Waals surface area contributed by atoms with Crippen LogP contribution in [-0.4, -0.2) is 26.2 Å². The molecule has 2 aromatic rings. The number of hydrogen-bond donors (Lipinski definition) is 2. The standard InChI is InChI=1S/C21H24N2O5S/c1-15(23-29(25,26)17-8-4-2-5-9-17)20(24)22-16-10-11-18-19(14-16)28-21(27-18)12-6-3-7-13-21/h2,4-5,8-11,14-15,23H,3,6-7,12-13H2,1H3,(H,22,24)/t15-/m0/s1. The zero-order valence-electron chi connectivity index (χ0n) is 16.2. The third-order valence-corrected chi connectivity index (χ3v) is 6.75. The number of nitrogens with one attached hydrogen (secondary N) is 2. The lowest BCUT2D eigenvalue weighted by Gasteiger charge is -2.31. The zero-order valence-corrected chi connectivity index (χ0v) is 17.0. The van der Waals surface area contributed by atoms with Gasteiger partial charge in [-0.15, -0.1) is 0 Å². The molecule has 1 aliphatic heterocycles. The lowest BCUT2D eigenvalue weighted by atomic mass is 9.94. The van der Waals surface area contributed by atoms with Crippen LogP contribution >= 0.6 is 0 Å². The SMILES string of the molecule is C[C@H](NS(=O)(=O)c1ccccc1)C(=O)Nc1ccc2c(c1)OC1(CCCCC1)O2. The van der Waals surface area contributed by atoms with E-state index in [0.717, 1.165) is 25.7 Å². The normalized spacial score (nSPS) is 18.4. The quantitative estimate of drug-likeness (QED) is 0.779.